The highest BCUT2D eigenvalue weighted by molar-refractivity contribution is 9.10. The molecule has 1 aliphatic carbocycles. The molecule has 1 atom stereocenters. The molecular formula is C14H14BrN3O. The fraction of sp³-hybridized carbons (Fsp3) is 0.286. The van der Waals surface area contributed by atoms with E-state index in [0.29, 0.717) is 0 Å². The van der Waals surface area contributed by atoms with Gasteiger partial charge in [0.1, 0.15) is 0 Å². The van der Waals surface area contributed by atoms with E-state index in [0.717, 1.165) is 35.1 Å². The van der Waals surface area contributed by atoms with Crippen LogP contribution in [0.25, 0.3) is 0 Å². The SMILES string of the molecule is O/N=C1/c2cccc(Br)c2CCC1Cn1ccnc1. The Kier molecular flexibility index (Phi) is 3.38. The molecule has 0 saturated heterocycles. The van der Waals surface area contributed by atoms with Crippen LogP contribution in [0.5, 0.6) is 0 Å². The molecular weight excluding hydrogens is 306 g/mol. The number of hydrogen-bond acceptors (Lipinski definition) is 3. The van der Waals surface area contributed by atoms with E-state index in [1.807, 2.05) is 29.0 Å². The molecule has 2 aromatic rings. The van der Waals surface area contributed by atoms with Crippen molar-refractivity contribution in [2.45, 2.75) is 19.4 Å². The van der Waals surface area contributed by atoms with Gasteiger partial charge in [-0.05, 0) is 24.5 Å². The van der Waals surface area contributed by atoms with Crippen molar-refractivity contribution < 1.29 is 5.21 Å². The first kappa shape index (κ1) is 12.4. The normalized spacial score (nSPS) is 20.5. The number of benzene rings is 1. The molecule has 0 aliphatic heterocycles. The van der Waals surface area contributed by atoms with E-state index in [2.05, 4.69) is 26.1 Å². The highest BCUT2D eigenvalue weighted by Crippen LogP contribution is 2.32. The summed E-state index contributed by atoms with van der Waals surface area (Å²) in [5.74, 6) is 0.223. The van der Waals surface area contributed by atoms with Gasteiger partial charge in [0.05, 0.1) is 12.0 Å². The summed E-state index contributed by atoms with van der Waals surface area (Å²) in [4.78, 5) is 4.05. The lowest BCUT2D eigenvalue weighted by atomic mass is 9.82. The van der Waals surface area contributed by atoms with Crippen LogP contribution in [0.15, 0.2) is 46.5 Å². The zero-order valence-corrected chi connectivity index (χ0v) is 11.9. The average molecular weight is 320 g/mol. The second kappa shape index (κ2) is 5.17. The van der Waals surface area contributed by atoms with Gasteiger partial charge in [-0.15, -0.1) is 0 Å². The lowest BCUT2D eigenvalue weighted by Gasteiger charge is -2.26. The summed E-state index contributed by atoms with van der Waals surface area (Å²) in [6, 6.07) is 6.03. The van der Waals surface area contributed by atoms with Crippen LogP contribution in [0.3, 0.4) is 0 Å². The van der Waals surface area contributed by atoms with Crippen LogP contribution >= 0.6 is 15.9 Å². The van der Waals surface area contributed by atoms with Gasteiger partial charge in [0.15, 0.2) is 0 Å². The Hall–Kier alpha value is -1.62. The maximum atomic E-state index is 9.38. The van der Waals surface area contributed by atoms with Crippen molar-refractivity contribution in [2.75, 3.05) is 0 Å². The van der Waals surface area contributed by atoms with Gasteiger partial charge in [-0.25, -0.2) is 4.98 Å². The summed E-state index contributed by atoms with van der Waals surface area (Å²) in [6.45, 7) is 0.797. The summed E-state index contributed by atoms with van der Waals surface area (Å²) in [7, 11) is 0. The highest BCUT2D eigenvalue weighted by Gasteiger charge is 2.27. The smallest absolute Gasteiger partial charge is 0.0946 e. The van der Waals surface area contributed by atoms with Gasteiger partial charge in [0, 0.05) is 34.9 Å². The largest absolute Gasteiger partial charge is 0.411 e. The number of hydrogen-bond donors (Lipinski definition) is 1. The van der Waals surface area contributed by atoms with E-state index in [4.69, 9.17) is 0 Å². The number of fused-ring (bicyclic) bond motifs is 1. The molecule has 0 fully saturated rings. The first-order valence-corrected chi connectivity index (χ1v) is 7.04. The molecule has 1 aliphatic rings. The summed E-state index contributed by atoms with van der Waals surface area (Å²) < 4.78 is 3.12. The van der Waals surface area contributed by atoms with Gasteiger partial charge in [0.2, 0.25) is 0 Å². The van der Waals surface area contributed by atoms with Crippen molar-refractivity contribution in [2.24, 2.45) is 11.1 Å². The lowest BCUT2D eigenvalue weighted by molar-refractivity contribution is 0.312. The fourth-order valence-electron chi connectivity index (χ4n) is 2.69. The first-order chi connectivity index (χ1) is 9.29. The maximum absolute atomic E-state index is 9.38. The second-order valence-electron chi connectivity index (χ2n) is 4.75. The number of halogens is 1. The Labute approximate surface area is 119 Å². The van der Waals surface area contributed by atoms with Crippen LogP contribution in [0.1, 0.15) is 17.5 Å². The molecule has 0 bridgehead atoms. The number of rotatable bonds is 2. The summed E-state index contributed by atoms with van der Waals surface area (Å²) in [5, 5.41) is 12.9. The first-order valence-electron chi connectivity index (χ1n) is 6.25. The van der Waals surface area contributed by atoms with Crippen molar-refractivity contribution in [3.05, 3.63) is 52.5 Å². The monoisotopic (exact) mass is 319 g/mol. The predicted molar refractivity (Wildman–Crippen MR) is 76.5 cm³/mol. The third kappa shape index (κ3) is 2.30. The molecule has 98 valence electrons. The van der Waals surface area contributed by atoms with E-state index in [-0.39, 0.29) is 5.92 Å². The minimum absolute atomic E-state index is 0.223. The molecule has 1 heterocycles. The number of oxime groups is 1. The maximum Gasteiger partial charge on any atom is 0.0946 e. The molecule has 0 radical (unpaired) electrons. The summed E-state index contributed by atoms with van der Waals surface area (Å²) >= 11 is 3.57. The van der Waals surface area contributed by atoms with Crippen LogP contribution in [0.2, 0.25) is 0 Å². The van der Waals surface area contributed by atoms with Gasteiger partial charge < -0.3 is 9.77 Å². The second-order valence-corrected chi connectivity index (χ2v) is 5.60. The predicted octanol–water partition coefficient (Wildman–Crippen LogP) is 3.09. The van der Waals surface area contributed by atoms with Gasteiger partial charge in [0.25, 0.3) is 0 Å². The molecule has 19 heavy (non-hydrogen) atoms. The molecule has 1 unspecified atom stereocenters. The van der Waals surface area contributed by atoms with E-state index >= 15 is 0 Å². The van der Waals surface area contributed by atoms with Crippen LogP contribution in [-0.2, 0) is 13.0 Å². The fourth-order valence-corrected chi connectivity index (χ4v) is 3.25. The zero-order valence-electron chi connectivity index (χ0n) is 10.3. The number of imidazole rings is 1. The van der Waals surface area contributed by atoms with E-state index < -0.39 is 0 Å². The van der Waals surface area contributed by atoms with Crippen molar-refractivity contribution >= 4 is 21.6 Å². The van der Waals surface area contributed by atoms with Gasteiger partial charge in [-0.3, -0.25) is 0 Å². The topological polar surface area (TPSA) is 50.4 Å². The molecule has 0 amide bonds. The quantitative estimate of drug-likeness (QED) is 0.683. The van der Waals surface area contributed by atoms with Crippen molar-refractivity contribution in [1.82, 2.24) is 9.55 Å². The van der Waals surface area contributed by atoms with Gasteiger partial charge >= 0.3 is 0 Å². The van der Waals surface area contributed by atoms with Crippen LogP contribution in [-0.4, -0.2) is 20.5 Å². The summed E-state index contributed by atoms with van der Waals surface area (Å²) in [5.41, 5.74) is 3.06. The number of aromatic nitrogens is 2. The van der Waals surface area contributed by atoms with E-state index in [1.54, 1.807) is 12.5 Å². The Balaban J connectivity index is 1.94. The molecule has 3 rings (SSSR count). The Morgan fingerprint density at radius 1 is 1.47 bits per heavy atom. The lowest BCUT2D eigenvalue weighted by Crippen LogP contribution is -2.27. The van der Waals surface area contributed by atoms with E-state index in [1.165, 1.54) is 5.56 Å². The standard InChI is InChI=1S/C14H14BrN3O/c15-13-3-1-2-12-11(13)5-4-10(14(12)17-19)8-18-7-6-16-9-18/h1-3,6-7,9-10,19H,4-5,8H2/b17-14+. The van der Waals surface area contributed by atoms with Crippen LogP contribution in [0.4, 0.5) is 0 Å². The molecule has 5 heteroatoms. The van der Waals surface area contributed by atoms with Crippen LogP contribution in [0, 0.1) is 5.92 Å². The number of nitrogens with zero attached hydrogens (tertiary/aromatic N) is 3. The highest BCUT2D eigenvalue weighted by atomic mass is 79.9. The van der Waals surface area contributed by atoms with Crippen molar-refractivity contribution in [1.29, 1.82) is 0 Å². The Bertz CT molecular complexity index is 607. The van der Waals surface area contributed by atoms with Crippen LogP contribution < -0.4 is 0 Å². The van der Waals surface area contributed by atoms with Gasteiger partial charge in [-0.2, -0.15) is 0 Å². The van der Waals surface area contributed by atoms with E-state index in [9.17, 15) is 5.21 Å². The third-order valence-corrected chi connectivity index (χ3v) is 4.37. The Morgan fingerprint density at radius 3 is 3.11 bits per heavy atom. The molecule has 1 N–H and O–H groups in total. The molecule has 1 aromatic carbocycles. The average Bonchev–Trinajstić information content (AvgIpc) is 2.92. The molecule has 0 spiro atoms. The zero-order chi connectivity index (χ0) is 13.2. The molecule has 1 aromatic heterocycles. The third-order valence-electron chi connectivity index (χ3n) is 3.62. The Morgan fingerprint density at radius 2 is 2.37 bits per heavy atom. The minimum atomic E-state index is 0.223. The van der Waals surface area contributed by atoms with Crippen molar-refractivity contribution in [3.63, 3.8) is 0 Å². The molecule has 4 nitrogen and oxygen atoms in total. The molecule has 0 saturated carbocycles. The van der Waals surface area contributed by atoms with Crippen molar-refractivity contribution in [3.8, 4) is 0 Å². The minimum Gasteiger partial charge on any atom is -0.411 e. The summed E-state index contributed by atoms with van der Waals surface area (Å²) in [6.07, 6.45) is 7.47. The van der Waals surface area contributed by atoms with Gasteiger partial charge in [-0.1, -0.05) is 33.2 Å².